The zero-order chi connectivity index (χ0) is 12.0. The summed E-state index contributed by atoms with van der Waals surface area (Å²) in [6.07, 6.45) is 3.91. The molecule has 2 heteroatoms. The molecule has 1 heterocycles. The molecule has 1 aliphatic rings. The number of nitrogens with one attached hydrogen (secondary N) is 1. The van der Waals surface area contributed by atoms with Crippen molar-refractivity contribution in [3.8, 4) is 0 Å². The molecule has 3 atom stereocenters. The van der Waals surface area contributed by atoms with E-state index >= 15 is 0 Å². The van der Waals surface area contributed by atoms with Crippen LogP contribution in [-0.2, 0) is 0 Å². The average molecular weight is 226 g/mol. The molecule has 0 aromatic carbocycles. The summed E-state index contributed by atoms with van der Waals surface area (Å²) in [7, 11) is 0. The minimum atomic E-state index is 0.690. The minimum Gasteiger partial charge on any atom is -0.312 e. The van der Waals surface area contributed by atoms with Crippen LogP contribution >= 0.6 is 0 Å². The van der Waals surface area contributed by atoms with Crippen molar-refractivity contribution in [3.63, 3.8) is 0 Å². The lowest BCUT2D eigenvalue weighted by Gasteiger charge is -2.29. The van der Waals surface area contributed by atoms with Crippen LogP contribution in [0.5, 0.6) is 0 Å². The maximum atomic E-state index is 3.72. The highest BCUT2D eigenvalue weighted by molar-refractivity contribution is 4.80. The third-order valence-corrected chi connectivity index (χ3v) is 3.95. The molecular weight excluding hydrogens is 196 g/mol. The maximum Gasteiger partial charge on any atom is 0.0220 e. The zero-order valence-electron chi connectivity index (χ0n) is 11.6. The highest BCUT2D eigenvalue weighted by atomic mass is 15.2. The molecular formula is C14H30N2. The molecule has 1 aliphatic heterocycles. The Morgan fingerprint density at radius 2 is 2.12 bits per heavy atom. The normalized spacial score (nSPS) is 25.9. The molecule has 2 nitrogen and oxygen atoms in total. The van der Waals surface area contributed by atoms with Gasteiger partial charge in [0, 0.05) is 19.1 Å². The lowest BCUT2D eigenvalue weighted by Crippen LogP contribution is -2.44. The van der Waals surface area contributed by atoms with Gasteiger partial charge in [-0.05, 0) is 37.8 Å². The van der Waals surface area contributed by atoms with E-state index in [4.69, 9.17) is 0 Å². The van der Waals surface area contributed by atoms with Gasteiger partial charge >= 0.3 is 0 Å². The van der Waals surface area contributed by atoms with Gasteiger partial charge in [-0.15, -0.1) is 0 Å². The van der Waals surface area contributed by atoms with Crippen LogP contribution in [0.2, 0.25) is 0 Å². The quantitative estimate of drug-likeness (QED) is 0.718. The molecule has 0 spiro atoms. The van der Waals surface area contributed by atoms with E-state index in [0.29, 0.717) is 6.04 Å². The predicted molar refractivity (Wildman–Crippen MR) is 71.8 cm³/mol. The van der Waals surface area contributed by atoms with Crippen molar-refractivity contribution in [2.75, 3.05) is 26.2 Å². The Bertz CT molecular complexity index is 182. The van der Waals surface area contributed by atoms with Crippen molar-refractivity contribution in [3.05, 3.63) is 0 Å². The lowest BCUT2D eigenvalue weighted by molar-refractivity contribution is 0.240. The number of hydrogen-bond donors (Lipinski definition) is 1. The Morgan fingerprint density at radius 3 is 2.62 bits per heavy atom. The van der Waals surface area contributed by atoms with Crippen molar-refractivity contribution in [2.24, 2.45) is 11.8 Å². The standard InChI is InChI=1S/C14H30N2/c1-5-8-15-14(13(4)6-2)11-16-9-7-12(3)10-16/h12-15H,5-11H2,1-4H3. The molecule has 0 aliphatic carbocycles. The van der Waals surface area contributed by atoms with E-state index in [1.54, 1.807) is 0 Å². The van der Waals surface area contributed by atoms with E-state index in [1.807, 2.05) is 0 Å². The summed E-state index contributed by atoms with van der Waals surface area (Å²) in [5, 5.41) is 3.72. The first-order chi connectivity index (χ1) is 7.67. The van der Waals surface area contributed by atoms with Gasteiger partial charge in [0.05, 0.1) is 0 Å². The Morgan fingerprint density at radius 1 is 1.38 bits per heavy atom. The topological polar surface area (TPSA) is 15.3 Å². The summed E-state index contributed by atoms with van der Waals surface area (Å²) < 4.78 is 0. The number of likely N-dealkylation sites (tertiary alicyclic amines) is 1. The minimum absolute atomic E-state index is 0.690. The summed E-state index contributed by atoms with van der Waals surface area (Å²) in [5.41, 5.74) is 0. The van der Waals surface area contributed by atoms with Crippen LogP contribution in [0.15, 0.2) is 0 Å². The summed E-state index contributed by atoms with van der Waals surface area (Å²) in [6.45, 7) is 14.3. The van der Waals surface area contributed by atoms with Crippen LogP contribution in [-0.4, -0.2) is 37.1 Å². The van der Waals surface area contributed by atoms with E-state index in [0.717, 1.165) is 11.8 Å². The highest BCUT2D eigenvalue weighted by Gasteiger charge is 2.23. The Hall–Kier alpha value is -0.0800. The summed E-state index contributed by atoms with van der Waals surface area (Å²) in [5.74, 6) is 1.70. The molecule has 1 N–H and O–H groups in total. The smallest absolute Gasteiger partial charge is 0.0220 e. The first kappa shape index (κ1) is 14.0. The molecule has 0 amide bonds. The molecule has 96 valence electrons. The molecule has 1 fully saturated rings. The van der Waals surface area contributed by atoms with Gasteiger partial charge in [-0.1, -0.05) is 34.1 Å². The first-order valence-corrected chi connectivity index (χ1v) is 7.13. The molecule has 3 unspecified atom stereocenters. The Balaban J connectivity index is 2.36. The second-order valence-electron chi connectivity index (χ2n) is 5.60. The lowest BCUT2D eigenvalue weighted by atomic mass is 9.98. The predicted octanol–water partition coefficient (Wildman–Crippen LogP) is 2.74. The van der Waals surface area contributed by atoms with Crippen LogP contribution in [0, 0.1) is 11.8 Å². The Kier molecular flexibility index (Phi) is 6.37. The SMILES string of the molecule is CCCNC(CN1CCC(C)C1)C(C)CC. The number of nitrogens with zero attached hydrogens (tertiary/aromatic N) is 1. The fourth-order valence-corrected chi connectivity index (χ4v) is 2.53. The third kappa shape index (κ3) is 4.42. The van der Waals surface area contributed by atoms with Gasteiger partial charge in [0.1, 0.15) is 0 Å². The summed E-state index contributed by atoms with van der Waals surface area (Å²) in [6, 6.07) is 0.690. The maximum absolute atomic E-state index is 3.72. The molecule has 0 saturated carbocycles. The van der Waals surface area contributed by atoms with Gasteiger partial charge < -0.3 is 10.2 Å². The molecule has 16 heavy (non-hydrogen) atoms. The van der Waals surface area contributed by atoms with Crippen LogP contribution in [0.1, 0.15) is 47.0 Å². The molecule has 0 bridgehead atoms. The van der Waals surface area contributed by atoms with E-state index in [9.17, 15) is 0 Å². The van der Waals surface area contributed by atoms with Crippen molar-refractivity contribution >= 4 is 0 Å². The Labute approximate surface area is 102 Å². The average Bonchev–Trinajstić information content (AvgIpc) is 2.69. The van der Waals surface area contributed by atoms with E-state index < -0.39 is 0 Å². The molecule has 0 radical (unpaired) electrons. The van der Waals surface area contributed by atoms with Crippen LogP contribution in [0.25, 0.3) is 0 Å². The fourth-order valence-electron chi connectivity index (χ4n) is 2.53. The van der Waals surface area contributed by atoms with E-state index in [1.165, 1.54) is 45.4 Å². The third-order valence-electron chi connectivity index (χ3n) is 3.95. The van der Waals surface area contributed by atoms with Crippen molar-refractivity contribution in [1.29, 1.82) is 0 Å². The largest absolute Gasteiger partial charge is 0.312 e. The molecule has 0 aromatic heterocycles. The first-order valence-electron chi connectivity index (χ1n) is 7.13. The summed E-state index contributed by atoms with van der Waals surface area (Å²) in [4.78, 5) is 2.64. The van der Waals surface area contributed by atoms with Crippen molar-refractivity contribution < 1.29 is 0 Å². The fraction of sp³-hybridized carbons (Fsp3) is 1.00. The van der Waals surface area contributed by atoms with Gasteiger partial charge in [-0.3, -0.25) is 0 Å². The number of rotatable bonds is 7. The van der Waals surface area contributed by atoms with Gasteiger partial charge in [-0.2, -0.15) is 0 Å². The van der Waals surface area contributed by atoms with Crippen LogP contribution in [0.3, 0.4) is 0 Å². The van der Waals surface area contributed by atoms with E-state index in [2.05, 4.69) is 37.9 Å². The van der Waals surface area contributed by atoms with Gasteiger partial charge in [0.2, 0.25) is 0 Å². The second kappa shape index (κ2) is 7.29. The van der Waals surface area contributed by atoms with Crippen molar-refractivity contribution in [1.82, 2.24) is 10.2 Å². The number of hydrogen-bond acceptors (Lipinski definition) is 2. The second-order valence-corrected chi connectivity index (χ2v) is 5.60. The van der Waals surface area contributed by atoms with E-state index in [-0.39, 0.29) is 0 Å². The summed E-state index contributed by atoms with van der Waals surface area (Å²) >= 11 is 0. The monoisotopic (exact) mass is 226 g/mol. The van der Waals surface area contributed by atoms with Gasteiger partial charge in [-0.25, -0.2) is 0 Å². The van der Waals surface area contributed by atoms with Gasteiger partial charge in [0.15, 0.2) is 0 Å². The van der Waals surface area contributed by atoms with Gasteiger partial charge in [0.25, 0.3) is 0 Å². The van der Waals surface area contributed by atoms with Crippen molar-refractivity contribution in [2.45, 2.75) is 53.0 Å². The molecule has 1 saturated heterocycles. The zero-order valence-corrected chi connectivity index (χ0v) is 11.6. The highest BCUT2D eigenvalue weighted by Crippen LogP contribution is 2.17. The molecule has 1 rings (SSSR count). The molecule has 0 aromatic rings. The van der Waals surface area contributed by atoms with Crippen LogP contribution in [0.4, 0.5) is 0 Å². The van der Waals surface area contributed by atoms with Crippen LogP contribution < -0.4 is 5.32 Å².